The molecule has 1 N–H and O–H groups in total. The molecule has 0 unspecified atom stereocenters. The number of halogens is 4. The zero-order chi connectivity index (χ0) is 14.7. The van der Waals surface area contributed by atoms with Crippen LogP contribution >= 0.6 is 31.9 Å². The van der Waals surface area contributed by atoms with Crippen molar-refractivity contribution in [3.05, 3.63) is 50.8 Å². The van der Waals surface area contributed by atoms with Crippen molar-refractivity contribution in [2.75, 3.05) is 5.32 Å². The average molecular weight is 407 g/mol. The molecule has 20 heavy (non-hydrogen) atoms. The number of benzene rings is 1. The zero-order valence-corrected chi connectivity index (χ0v) is 13.0. The zero-order valence-electron chi connectivity index (χ0n) is 9.83. The number of aromatic nitrogens is 2. The lowest BCUT2D eigenvalue weighted by molar-refractivity contribution is -0.115. The average Bonchev–Trinajstić information content (AvgIpc) is 2.37. The number of carbonyl (C=O) groups excluding carboxylic acids is 1. The molecule has 1 aromatic heterocycles. The summed E-state index contributed by atoms with van der Waals surface area (Å²) >= 11 is 6.24. The standard InChI is InChI=1S/C12H7Br2F2N3O/c13-9-5-17-12(11(14)18-9)19-10(20)4-6-7(15)2-1-3-8(6)16/h1-3,5H,4H2,(H,17,19,20). The van der Waals surface area contributed by atoms with Crippen LogP contribution in [0.15, 0.2) is 33.6 Å². The van der Waals surface area contributed by atoms with Crippen LogP contribution in [0.4, 0.5) is 14.6 Å². The fourth-order valence-corrected chi connectivity index (χ4v) is 2.38. The Morgan fingerprint density at radius 2 is 1.90 bits per heavy atom. The van der Waals surface area contributed by atoms with Gasteiger partial charge in [-0.1, -0.05) is 6.07 Å². The van der Waals surface area contributed by atoms with Gasteiger partial charge < -0.3 is 5.32 Å². The molecule has 0 aliphatic rings. The number of hydrogen-bond acceptors (Lipinski definition) is 3. The van der Waals surface area contributed by atoms with Crippen molar-refractivity contribution in [1.82, 2.24) is 9.97 Å². The molecule has 0 aliphatic heterocycles. The highest BCUT2D eigenvalue weighted by atomic mass is 79.9. The van der Waals surface area contributed by atoms with Crippen molar-refractivity contribution < 1.29 is 13.6 Å². The van der Waals surface area contributed by atoms with Crippen molar-refractivity contribution >= 4 is 43.6 Å². The highest BCUT2D eigenvalue weighted by Crippen LogP contribution is 2.20. The van der Waals surface area contributed by atoms with Gasteiger partial charge in [0.15, 0.2) is 5.82 Å². The lowest BCUT2D eigenvalue weighted by Gasteiger charge is -2.07. The highest BCUT2D eigenvalue weighted by Gasteiger charge is 2.14. The topological polar surface area (TPSA) is 54.9 Å². The maximum atomic E-state index is 13.4. The molecule has 0 atom stereocenters. The summed E-state index contributed by atoms with van der Waals surface area (Å²) in [5.74, 6) is -1.94. The molecule has 8 heteroatoms. The SMILES string of the molecule is O=C(Cc1c(F)cccc1F)Nc1ncc(Br)nc1Br. The Morgan fingerprint density at radius 1 is 1.25 bits per heavy atom. The van der Waals surface area contributed by atoms with E-state index in [-0.39, 0.29) is 11.4 Å². The first-order valence-corrected chi connectivity index (χ1v) is 6.96. The largest absolute Gasteiger partial charge is 0.308 e. The van der Waals surface area contributed by atoms with Crippen LogP contribution < -0.4 is 5.32 Å². The van der Waals surface area contributed by atoms with Gasteiger partial charge in [-0.2, -0.15) is 0 Å². The van der Waals surface area contributed by atoms with E-state index in [0.717, 1.165) is 12.1 Å². The second kappa shape index (κ2) is 6.36. The summed E-state index contributed by atoms with van der Waals surface area (Å²) in [6.45, 7) is 0. The first-order valence-electron chi connectivity index (χ1n) is 5.38. The minimum Gasteiger partial charge on any atom is -0.308 e. The van der Waals surface area contributed by atoms with E-state index in [1.807, 2.05) is 0 Å². The van der Waals surface area contributed by atoms with Crippen molar-refractivity contribution in [1.29, 1.82) is 0 Å². The van der Waals surface area contributed by atoms with Crippen LogP contribution in [-0.4, -0.2) is 15.9 Å². The van der Waals surface area contributed by atoms with Crippen molar-refractivity contribution in [2.24, 2.45) is 0 Å². The molecule has 104 valence electrons. The van der Waals surface area contributed by atoms with E-state index >= 15 is 0 Å². The van der Waals surface area contributed by atoms with Crippen molar-refractivity contribution in [3.63, 3.8) is 0 Å². The first-order chi connectivity index (χ1) is 9.47. The monoisotopic (exact) mass is 405 g/mol. The maximum Gasteiger partial charge on any atom is 0.230 e. The number of amides is 1. The molecule has 0 fully saturated rings. The smallest absolute Gasteiger partial charge is 0.230 e. The predicted molar refractivity (Wildman–Crippen MR) is 76.1 cm³/mol. The van der Waals surface area contributed by atoms with Gasteiger partial charge in [-0.25, -0.2) is 18.7 Å². The minimum absolute atomic E-state index is 0.176. The molecular formula is C12H7Br2F2N3O. The highest BCUT2D eigenvalue weighted by molar-refractivity contribution is 9.11. The molecule has 0 spiro atoms. The number of nitrogens with one attached hydrogen (secondary N) is 1. The van der Waals surface area contributed by atoms with Crippen LogP contribution in [0.2, 0.25) is 0 Å². The lowest BCUT2D eigenvalue weighted by Crippen LogP contribution is -2.17. The van der Waals surface area contributed by atoms with Gasteiger partial charge in [0.2, 0.25) is 5.91 Å². The van der Waals surface area contributed by atoms with Crippen molar-refractivity contribution in [3.8, 4) is 0 Å². The molecule has 2 rings (SSSR count). The Bertz CT molecular complexity index is 647. The van der Waals surface area contributed by atoms with E-state index in [9.17, 15) is 13.6 Å². The van der Waals surface area contributed by atoms with Crippen LogP contribution in [0.3, 0.4) is 0 Å². The summed E-state index contributed by atoms with van der Waals surface area (Å²) in [4.78, 5) is 19.7. The van der Waals surface area contributed by atoms with Crippen LogP contribution in [0.25, 0.3) is 0 Å². The number of rotatable bonds is 3. The predicted octanol–water partition coefficient (Wildman–Crippen LogP) is 3.46. The molecule has 1 amide bonds. The summed E-state index contributed by atoms with van der Waals surface area (Å²) in [5, 5.41) is 2.43. The van der Waals surface area contributed by atoms with Gasteiger partial charge >= 0.3 is 0 Å². The summed E-state index contributed by atoms with van der Waals surface area (Å²) in [6, 6.07) is 3.44. The number of anilines is 1. The van der Waals surface area contributed by atoms with Crippen LogP contribution in [0.5, 0.6) is 0 Å². The number of nitrogens with zero attached hydrogens (tertiary/aromatic N) is 2. The van der Waals surface area contributed by atoms with Crippen LogP contribution in [0, 0.1) is 11.6 Å². The fourth-order valence-electron chi connectivity index (χ4n) is 1.47. The molecule has 1 aromatic carbocycles. The summed E-state index contributed by atoms with van der Waals surface area (Å²) in [5.41, 5.74) is -0.286. The van der Waals surface area contributed by atoms with E-state index in [1.54, 1.807) is 0 Å². The van der Waals surface area contributed by atoms with Crippen LogP contribution in [0.1, 0.15) is 5.56 Å². The van der Waals surface area contributed by atoms with Gasteiger partial charge in [-0.05, 0) is 44.0 Å². The Morgan fingerprint density at radius 3 is 2.50 bits per heavy atom. The van der Waals surface area contributed by atoms with Crippen LogP contribution in [-0.2, 0) is 11.2 Å². The van der Waals surface area contributed by atoms with Crippen molar-refractivity contribution in [2.45, 2.75) is 6.42 Å². The molecule has 4 nitrogen and oxygen atoms in total. The summed E-state index contributed by atoms with van der Waals surface area (Å²) in [6.07, 6.45) is 0.965. The Labute approximate surface area is 129 Å². The van der Waals surface area contributed by atoms with E-state index < -0.39 is 24.0 Å². The van der Waals surface area contributed by atoms with Gasteiger partial charge in [0.05, 0.1) is 12.6 Å². The Hall–Kier alpha value is -1.41. The fraction of sp³-hybridized carbons (Fsp3) is 0.0833. The molecule has 0 radical (unpaired) electrons. The Balaban J connectivity index is 2.13. The third-order valence-electron chi connectivity index (χ3n) is 2.36. The van der Waals surface area contributed by atoms with E-state index in [1.165, 1.54) is 12.3 Å². The second-order valence-electron chi connectivity index (χ2n) is 3.76. The van der Waals surface area contributed by atoms with Gasteiger partial charge in [0, 0.05) is 5.56 Å². The molecule has 2 aromatic rings. The molecule has 0 aliphatic carbocycles. The number of hydrogen-bond donors (Lipinski definition) is 1. The quantitative estimate of drug-likeness (QED) is 0.849. The molecular weight excluding hydrogens is 400 g/mol. The molecule has 1 heterocycles. The molecule has 0 bridgehead atoms. The Kier molecular flexibility index (Phi) is 4.77. The van der Waals surface area contributed by atoms with Gasteiger partial charge in [-0.15, -0.1) is 0 Å². The molecule has 0 saturated carbocycles. The third-order valence-corrected chi connectivity index (χ3v) is 3.29. The molecule has 0 saturated heterocycles. The maximum absolute atomic E-state index is 13.4. The van der Waals surface area contributed by atoms with E-state index in [0.29, 0.717) is 9.21 Å². The van der Waals surface area contributed by atoms with Gasteiger partial charge in [-0.3, -0.25) is 4.79 Å². The lowest BCUT2D eigenvalue weighted by atomic mass is 10.1. The third kappa shape index (κ3) is 3.57. The van der Waals surface area contributed by atoms with Gasteiger partial charge in [0.25, 0.3) is 0 Å². The second-order valence-corrected chi connectivity index (χ2v) is 5.32. The number of carbonyl (C=O) groups is 1. The summed E-state index contributed by atoms with van der Waals surface area (Å²) in [7, 11) is 0. The normalized spacial score (nSPS) is 10.4. The minimum atomic E-state index is -0.763. The summed E-state index contributed by atoms with van der Waals surface area (Å²) < 4.78 is 27.6. The van der Waals surface area contributed by atoms with E-state index in [2.05, 4.69) is 47.1 Å². The first kappa shape index (κ1) is 15.0. The van der Waals surface area contributed by atoms with E-state index in [4.69, 9.17) is 0 Å². The van der Waals surface area contributed by atoms with Gasteiger partial charge in [0.1, 0.15) is 20.8 Å².